The van der Waals surface area contributed by atoms with Crippen molar-refractivity contribution in [2.45, 2.75) is 32.4 Å². The van der Waals surface area contributed by atoms with Crippen LogP contribution in [0.1, 0.15) is 25.5 Å². The van der Waals surface area contributed by atoms with E-state index in [4.69, 9.17) is 11.6 Å². The maximum Gasteiger partial charge on any atom is 0.223 e. The first-order valence-electron chi connectivity index (χ1n) is 6.26. The molecular formula is C13H18ClN3O. The average molecular weight is 268 g/mol. The van der Waals surface area contributed by atoms with Crippen molar-refractivity contribution in [2.24, 2.45) is 5.92 Å². The Morgan fingerprint density at radius 3 is 3.11 bits per heavy atom. The van der Waals surface area contributed by atoms with E-state index in [1.54, 1.807) is 12.3 Å². The molecule has 1 amide bonds. The van der Waals surface area contributed by atoms with Crippen LogP contribution in [0.2, 0.25) is 5.02 Å². The minimum absolute atomic E-state index is 0.119. The lowest BCUT2D eigenvalue weighted by molar-refractivity contribution is -0.126. The van der Waals surface area contributed by atoms with Crippen LogP contribution in [-0.2, 0) is 11.3 Å². The minimum atomic E-state index is 0.119. The van der Waals surface area contributed by atoms with E-state index in [0.717, 1.165) is 25.1 Å². The Labute approximate surface area is 112 Å². The maximum absolute atomic E-state index is 12.0. The summed E-state index contributed by atoms with van der Waals surface area (Å²) < 4.78 is 0. The number of rotatable bonds is 3. The number of carbonyl (C=O) groups is 1. The molecule has 0 radical (unpaired) electrons. The van der Waals surface area contributed by atoms with Gasteiger partial charge in [-0.05, 0) is 38.4 Å². The van der Waals surface area contributed by atoms with Gasteiger partial charge in [0.2, 0.25) is 5.91 Å². The molecule has 1 aromatic rings. The molecule has 1 aliphatic rings. The highest BCUT2D eigenvalue weighted by Gasteiger charge is 2.24. The molecule has 2 heterocycles. The lowest BCUT2D eigenvalue weighted by atomic mass is 9.92. The Morgan fingerprint density at radius 1 is 1.61 bits per heavy atom. The van der Waals surface area contributed by atoms with Gasteiger partial charge in [-0.2, -0.15) is 0 Å². The summed E-state index contributed by atoms with van der Waals surface area (Å²) in [6.07, 6.45) is 3.40. The smallest absolute Gasteiger partial charge is 0.223 e. The van der Waals surface area contributed by atoms with Gasteiger partial charge >= 0.3 is 0 Å². The molecule has 2 atom stereocenters. The van der Waals surface area contributed by atoms with Crippen LogP contribution >= 0.6 is 11.6 Å². The molecular weight excluding hydrogens is 250 g/mol. The Bertz CT molecular complexity index is 407. The average Bonchev–Trinajstić information content (AvgIpc) is 2.38. The number of hydrogen-bond acceptors (Lipinski definition) is 3. The lowest BCUT2D eigenvalue weighted by Gasteiger charge is -2.27. The summed E-state index contributed by atoms with van der Waals surface area (Å²) in [6, 6.07) is 4.03. The molecule has 0 unspecified atom stereocenters. The summed E-state index contributed by atoms with van der Waals surface area (Å²) in [5.41, 5.74) is 0.828. The van der Waals surface area contributed by atoms with Gasteiger partial charge in [-0.25, -0.2) is 0 Å². The summed E-state index contributed by atoms with van der Waals surface area (Å²) in [6.45, 7) is 3.49. The predicted octanol–water partition coefficient (Wildman–Crippen LogP) is 1.74. The van der Waals surface area contributed by atoms with Crippen molar-refractivity contribution in [3.63, 3.8) is 0 Å². The molecule has 0 spiro atoms. The van der Waals surface area contributed by atoms with Crippen molar-refractivity contribution in [1.29, 1.82) is 0 Å². The Balaban J connectivity index is 1.82. The van der Waals surface area contributed by atoms with Crippen LogP contribution in [0.25, 0.3) is 0 Å². The van der Waals surface area contributed by atoms with Crippen LogP contribution in [0, 0.1) is 5.92 Å². The van der Waals surface area contributed by atoms with E-state index in [1.165, 1.54) is 0 Å². The summed E-state index contributed by atoms with van der Waals surface area (Å²) in [4.78, 5) is 16.1. The second kappa shape index (κ2) is 6.16. The summed E-state index contributed by atoms with van der Waals surface area (Å²) in [7, 11) is 0. The molecule has 2 rings (SSSR count). The molecule has 0 aliphatic carbocycles. The molecule has 2 N–H and O–H groups in total. The van der Waals surface area contributed by atoms with E-state index in [2.05, 4.69) is 22.5 Å². The number of piperidine rings is 1. The molecule has 1 aliphatic heterocycles. The Kier molecular flexibility index (Phi) is 4.55. The molecule has 1 saturated heterocycles. The maximum atomic E-state index is 12.0. The van der Waals surface area contributed by atoms with Crippen LogP contribution in [0.15, 0.2) is 18.3 Å². The van der Waals surface area contributed by atoms with Crippen molar-refractivity contribution in [3.05, 3.63) is 29.0 Å². The summed E-state index contributed by atoms with van der Waals surface area (Å²) in [5.74, 6) is 0.244. The zero-order chi connectivity index (χ0) is 13.0. The van der Waals surface area contributed by atoms with Crippen molar-refractivity contribution in [3.8, 4) is 0 Å². The van der Waals surface area contributed by atoms with Crippen LogP contribution < -0.4 is 10.6 Å². The second-order valence-electron chi connectivity index (χ2n) is 4.76. The molecule has 18 heavy (non-hydrogen) atoms. The number of nitrogens with zero attached hydrogens (tertiary/aromatic N) is 1. The normalized spacial score (nSPS) is 23.7. The SMILES string of the molecule is C[C@H]1C[C@@H](C(=O)NCc2ccc(Cl)cn2)CCN1. The van der Waals surface area contributed by atoms with Crippen LogP contribution in [0.5, 0.6) is 0 Å². The fourth-order valence-electron chi connectivity index (χ4n) is 2.20. The first kappa shape index (κ1) is 13.3. The third-order valence-electron chi connectivity index (χ3n) is 3.23. The van der Waals surface area contributed by atoms with Crippen LogP contribution in [0.4, 0.5) is 0 Å². The fraction of sp³-hybridized carbons (Fsp3) is 0.538. The molecule has 0 saturated carbocycles. The Morgan fingerprint density at radius 2 is 2.44 bits per heavy atom. The monoisotopic (exact) mass is 267 g/mol. The van der Waals surface area contributed by atoms with Gasteiger partial charge < -0.3 is 10.6 Å². The van der Waals surface area contributed by atoms with Crippen molar-refractivity contribution in [1.82, 2.24) is 15.6 Å². The predicted molar refractivity (Wildman–Crippen MR) is 71.3 cm³/mol. The van der Waals surface area contributed by atoms with Gasteiger partial charge in [0.25, 0.3) is 0 Å². The highest BCUT2D eigenvalue weighted by Crippen LogP contribution is 2.16. The zero-order valence-corrected chi connectivity index (χ0v) is 11.2. The van der Waals surface area contributed by atoms with Crippen molar-refractivity contribution >= 4 is 17.5 Å². The first-order chi connectivity index (χ1) is 8.65. The van der Waals surface area contributed by atoms with Gasteiger partial charge in [0.1, 0.15) is 0 Å². The van der Waals surface area contributed by atoms with Gasteiger partial charge in [-0.3, -0.25) is 9.78 Å². The number of hydrogen-bond donors (Lipinski definition) is 2. The van der Waals surface area contributed by atoms with Gasteiger partial charge in [0.05, 0.1) is 17.3 Å². The second-order valence-corrected chi connectivity index (χ2v) is 5.20. The van der Waals surface area contributed by atoms with E-state index >= 15 is 0 Å². The van der Waals surface area contributed by atoms with Gasteiger partial charge in [0.15, 0.2) is 0 Å². The lowest BCUT2D eigenvalue weighted by Crippen LogP contribution is -2.42. The zero-order valence-electron chi connectivity index (χ0n) is 10.4. The standard InChI is InChI=1S/C13H18ClN3O/c1-9-6-10(4-5-15-9)13(18)17-8-12-3-2-11(14)7-16-12/h2-3,7,9-10,15H,4-6,8H2,1H3,(H,17,18)/t9-,10-/m0/s1. The van der Waals surface area contributed by atoms with E-state index < -0.39 is 0 Å². The van der Waals surface area contributed by atoms with Crippen LogP contribution in [0.3, 0.4) is 0 Å². The van der Waals surface area contributed by atoms with Gasteiger partial charge in [-0.1, -0.05) is 11.6 Å². The number of halogens is 1. The molecule has 5 heteroatoms. The minimum Gasteiger partial charge on any atom is -0.350 e. The van der Waals surface area contributed by atoms with Crippen molar-refractivity contribution in [2.75, 3.05) is 6.54 Å². The van der Waals surface area contributed by atoms with E-state index in [9.17, 15) is 4.79 Å². The quantitative estimate of drug-likeness (QED) is 0.877. The number of carbonyl (C=O) groups excluding carboxylic acids is 1. The largest absolute Gasteiger partial charge is 0.350 e. The Hall–Kier alpha value is -1.13. The van der Waals surface area contributed by atoms with Crippen molar-refractivity contribution < 1.29 is 4.79 Å². The molecule has 1 fully saturated rings. The first-order valence-corrected chi connectivity index (χ1v) is 6.64. The fourth-order valence-corrected chi connectivity index (χ4v) is 2.31. The summed E-state index contributed by atoms with van der Waals surface area (Å²) in [5, 5.41) is 6.88. The highest BCUT2D eigenvalue weighted by molar-refractivity contribution is 6.30. The third-order valence-corrected chi connectivity index (χ3v) is 3.45. The molecule has 4 nitrogen and oxygen atoms in total. The third kappa shape index (κ3) is 3.68. The summed E-state index contributed by atoms with van der Waals surface area (Å²) >= 11 is 5.76. The van der Waals surface area contributed by atoms with E-state index in [1.807, 2.05) is 6.07 Å². The van der Waals surface area contributed by atoms with Gasteiger partial charge in [-0.15, -0.1) is 0 Å². The highest BCUT2D eigenvalue weighted by atomic mass is 35.5. The number of aromatic nitrogens is 1. The molecule has 1 aromatic heterocycles. The number of nitrogens with one attached hydrogen (secondary N) is 2. The number of pyridine rings is 1. The number of amides is 1. The molecule has 98 valence electrons. The molecule has 0 bridgehead atoms. The topological polar surface area (TPSA) is 54.0 Å². The van der Waals surface area contributed by atoms with E-state index in [0.29, 0.717) is 17.6 Å². The molecule has 0 aromatic carbocycles. The van der Waals surface area contributed by atoms with E-state index in [-0.39, 0.29) is 11.8 Å². The van der Waals surface area contributed by atoms with Crippen LogP contribution in [-0.4, -0.2) is 23.5 Å². The van der Waals surface area contributed by atoms with Gasteiger partial charge in [0, 0.05) is 18.2 Å².